The minimum absolute atomic E-state index is 0.0346. The fraction of sp³-hybridized carbons (Fsp3) is 0.529. The number of hydrogen-bond donors (Lipinski definition) is 0. The number of oxime groups is 1. The van der Waals surface area contributed by atoms with Crippen molar-refractivity contribution in [1.29, 1.82) is 0 Å². The first-order valence-corrected chi connectivity index (χ1v) is 7.98. The van der Waals surface area contributed by atoms with Crippen LogP contribution in [0.15, 0.2) is 29.4 Å². The summed E-state index contributed by atoms with van der Waals surface area (Å²) in [6.45, 7) is 2.93. The van der Waals surface area contributed by atoms with Crippen LogP contribution in [-0.2, 0) is 9.63 Å². The van der Waals surface area contributed by atoms with Crippen molar-refractivity contribution >= 4 is 11.6 Å². The Hall–Kier alpha value is -1.91. The third-order valence-electron chi connectivity index (χ3n) is 4.50. The number of nitrogens with zero attached hydrogens (tertiary/aromatic N) is 2. The van der Waals surface area contributed by atoms with E-state index in [9.17, 15) is 9.18 Å². The molecular weight excluding hydrogens is 283 g/mol. The molecule has 22 heavy (non-hydrogen) atoms. The summed E-state index contributed by atoms with van der Waals surface area (Å²) in [5, 5.41) is 4.03. The van der Waals surface area contributed by atoms with Crippen molar-refractivity contribution < 1.29 is 14.0 Å². The van der Waals surface area contributed by atoms with E-state index in [1.165, 1.54) is 18.6 Å². The van der Waals surface area contributed by atoms with Gasteiger partial charge in [0.1, 0.15) is 5.82 Å². The Morgan fingerprint density at radius 2 is 2.14 bits per heavy atom. The van der Waals surface area contributed by atoms with Gasteiger partial charge in [0, 0.05) is 19.0 Å². The summed E-state index contributed by atoms with van der Waals surface area (Å²) in [6.07, 6.45) is 4.21. The Balaban J connectivity index is 1.65. The van der Waals surface area contributed by atoms with Crippen molar-refractivity contribution in [3.8, 4) is 0 Å². The highest BCUT2D eigenvalue weighted by Gasteiger charge is 2.35. The van der Waals surface area contributed by atoms with Crippen LogP contribution in [0.4, 0.5) is 4.39 Å². The first-order chi connectivity index (χ1) is 10.7. The molecule has 1 fully saturated rings. The zero-order chi connectivity index (χ0) is 15.5. The molecule has 2 aliphatic heterocycles. The van der Waals surface area contributed by atoms with Crippen molar-refractivity contribution in [2.45, 2.75) is 51.2 Å². The van der Waals surface area contributed by atoms with Crippen LogP contribution in [-0.4, -0.2) is 35.2 Å². The number of likely N-dealkylation sites (tertiary alicyclic amines) is 1. The molecule has 0 bridgehead atoms. The lowest BCUT2D eigenvalue weighted by atomic mass is 9.98. The van der Waals surface area contributed by atoms with Crippen molar-refractivity contribution in [1.82, 2.24) is 4.90 Å². The Morgan fingerprint density at radius 3 is 2.86 bits per heavy atom. The molecule has 0 N–H and O–H groups in total. The number of carbonyl (C=O) groups excluding carboxylic acids is 1. The first-order valence-electron chi connectivity index (χ1n) is 7.98. The number of rotatable bonds is 3. The summed E-state index contributed by atoms with van der Waals surface area (Å²) in [5.41, 5.74) is 1.52. The number of amides is 1. The molecule has 0 spiro atoms. The highest BCUT2D eigenvalue weighted by molar-refractivity contribution is 6.04. The molecule has 1 amide bonds. The third kappa shape index (κ3) is 2.98. The SMILES string of the molecule is CC[C@@H]1CCCCN1C(=O)[C@H]1CC(c2ccc(F)cc2)=NO1. The molecule has 0 aromatic heterocycles. The molecule has 0 radical (unpaired) electrons. The van der Waals surface area contributed by atoms with Crippen LogP contribution in [0, 0.1) is 5.82 Å². The van der Waals surface area contributed by atoms with Crippen molar-refractivity contribution in [3.05, 3.63) is 35.6 Å². The monoisotopic (exact) mass is 304 g/mol. The maximum Gasteiger partial charge on any atom is 0.267 e. The van der Waals surface area contributed by atoms with Gasteiger partial charge < -0.3 is 9.74 Å². The lowest BCUT2D eigenvalue weighted by Crippen LogP contribution is -2.48. The van der Waals surface area contributed by atoms with Gasteiger partial charge in [0.15, 0.2) is 0 Å². The van der Waals surface area contributed by atoms with Crippen LogP contribution in [0.3, 0.4) is 0 Å². The average Bonchev–Trinajstić information content (AvgIpc) is 3.05. The van der Waals surface area contributed by atoms with Crippen molar-refractivity contribution in [2.24, 2.45) is 5.16 Å². The standard InChI is InChI=1S/C17H21FN2O2/c1-2-14-5-3-4-10-20(14)17(21)16-11-15(19-22-16)12-6-8-13(18)9-7-12/h6-9,14,16H,2-5,10-11H2,1H3/t14-,16-/m1/s1. The summed E-state index contributed by atoms with van der Waals surface area (Å²) < 4.78 is 13.0. The summed E-state index contributed by atoms with van der Waals surface area (Å²) in [4.78, 5) is 20.0. The van der Waals surface area contributed by atoms with E-state index in [2.05, 4.69) is 12.1 Å². The smallest absolute Gasteiger partial charge is 0.267 e. The summed E-state index contributed by atoms with van der Waals surface area (Å²) >= 11 is 0. The van der Waals surface area contributed by atoms with E-state index in [4.69, 9.17) is 4.84 Å². The van der Waals surface area contributed by atoms with Gasteiger partial charge in [0.2, 0.25) is 6.10 Å². The average molecular weight is 304 g/mol. The van der Waals surface area contributed by atoms with E-state index in [1.807, 2.05) is 4.90 Å². The highest BCUT2D eigenvalue weighted by Crippen LogP contribution is 2.24. The van der Waals surface area contributed by atoms with Crippen LogP contribution in [0.2, 0.25) is 0 Å². The van der Waals surface area contributed by atoms with Gasteiger partial charge in [-0.15, -0.1) is 0 Å². The molecule has 2 aliphatic rings. The van der Waals surface area contributed by atoms with Crippen LogP contribution in [0.5, 0.6) is 0 Å². The van der Waals surface area contributed by atoms with Gasteiger partial charge in [-0.1, -0.05) is 24.2 Å². The third-order valence-corrected chi connectivity index (χ3v) is 4.50. The summed E-state index contributed by atoms with van der Waals surface area (Å²) in [5.74, 6) is -0.248. The van der Waals surface area contributed by atoms with E-state index >= 15 is 0 Å². The summed E-state index contributed by atoms with van der Waals surface area (Å²) in [7, 11) is 0. The number of carbonyl (C=O) groups is 1. The van der Waals surface area contributed by atoms with Crippen LogP contribution < -0.4 is 0 Å². The lowest BCUT2D eigenvalue weighted by molar-refractivity contribution is -0.146. The molecule has 2 heterocycles. The Morgan fingerprint density at radius 1 is 1.36 bits per heavy atom. The van der Waals surface area contributed by atoms with Gasteiger partial charge in [0.05, 0.1) is 5.71 Å². The molecule has 1 saturated heterocycles. The normalized spacial score (nSPS) is 24.8. The predicted molar refractivity (Wildman–Crippen MR) is 82.1 cm³/mol. The quantitative estimate of drug-likeness (QED) is 0.861. The Kier molecular flexibility index (Phi) is 4.41. The Bertz CT molecular complexity index is 571. The topological polar surface area (TPSA) is 41.9 Å². The second-order valence-electron chi connectivity index (χ2n) is 5.93. The van der Waals surface area contributed by atoms with Gasteiger partial charge >= 0.3 is 0 Å². The maximum atomic E-state index is 13.0. The van der Waals surface area contributed by atoms with Gasteiger partial charge in [0.25, 0.3) is 5.91 Å². The Labute approximate surface area is 129 Å². The molecule has 0 saturated carbocycles. The largest absolute Gasteiger partial charge is 0.382 e. The molecule has 1 aromatic carbocycles. The van der Waals surface area contributed by atoms with Gasteiger partial charge in [-0.05, 0) is 43.4 Å². The fourth-order valence-corrected chi connectivity index (χ4v) is 3.22. The molecular formula is C17H21FN2O2. The number of piperidine rings is 1. The molecule has 0 aliphatic carbocycles. The van der Waals surface area contributed by atoms with E-state index in [0.29, 0.717) is 18.2 Å². The summed E-state index contributed by atoms with van der Waals surface area (Å²) in [6, 6.07) is 6.44. The fourth-order valence-electron chi connectivity index (χ4n) is 3.22. The molecule has 5 heteroatoms. The highest BCUT2D eigenvalue weighted by atomic mass is 19.1. The van der Waals surface area contributed by atoms with Crippen LogP contribution in [0.1, 0.15) is 44.6 Å². The molecule has 118 valence electrons. The van der Waals surface area contributed by atoms with E-state index in [0.717, 1.165) is 31.4 Å². The zero-order valence-corrected chi connectivity index (χ0v) is 12.8. The van der Waals surface area contributed by atoms with E-state index < -0.39 is 6.10 Å². The van der Waals surface area contributed by atoms with E-state index in [-0.39, 0.29) is 11.7 Å². The molecule has 3 rings (SSSR count). The minimum atomic E-state index is -0.535. The lowest BCUT2D eigenvalue weighted by Gasteiger charge is -2.36. The maximum absolute atomic E-state index is 13.0. The number of hydrogen-bond acceptors (Lipinski definition) is 3. The van der Waals surface area contributed by atoms with Gasteiger partial charge in [-0.2, -0.15) is 0 Å². The van der Waals surface area contributed by atoms with Crippen LogP contribution >= 0.6 is 0 Å². The van der Waals surface area contributed by atoms with Gasteiger partial charge in [-0.25, -0.2) is 4.39 Å². The van der Waals surface area contributed by atoms with Crippen LogP contribution in [0.25, 0.3) is 0 Å². The number of halogens is 1. The number of benzene rings is 1. The predicted octanol–water partition coefficient (Wildman–Crippen LogP) is 3.11. The second kappa shape index (κ2) is 6.46. The molecule has 4 nitrogen and oxygen atoms in total. The molecule has 1 aromatic rings. The second-order valence-corrected chi connectivity index (χ2v) is 5.93. The molecule has 0 unspecified atom stereocenters. The molecule has 2 atom stereocenters. The van der Waals surface area contributed by atoms with E-state index in [1.54, 1.807) is 12.1 Å². The van der Waals surface area contributed by atoms with Gasteiger partial charge in [-0.3, -0.25) is 4.79 Å². The van der Waals surface area contributed by atoms with Crippen molar-refractivity contribution in [3.63, 3.8) is 0 Å². The van der Waals surface area contributed by atoms with Crippen molar-refractivity contribution in [2.75, 3.05) is 6.54 Å². The zero-order valence-electron chi connectivity index (χ0n) is 12.8. The first kappa shape index (κ1) is 15.0. The minimum Gasteiger partial charge on any atom is -0.382 e.